The molecule has 2 fully saturated rings. The highest BCUT2D eigenvalue weighted by Crippen LogP contribution is 2.41. The van der Waals surface area contributed by atoms with E-state index in [2.05, 4.69) is 41.4 Å². The van der Waals surface area contributed by atoms with Crippen molar-refractivity contribution < 1.29 is 9.47 Å². The molecule has 0 radical (unpaired) electrons. The lowest BCUT2D eigenvalue weighted by molar-refractivity contribution is 0.0529. The molecule has 5 heteroatoms. The number of morpholine rings is 1. The third kappa shape index (κ3) is 4.10. The lowest BCUT2D eigenvalue weighted by atomic mass is 10.1. The van der Waals surface area contributed by atoms with Crippen LogP contribution in [0, 0.1) is 0 Å². The maximum atomic E-state index is 5.68. The van der Waals surface area contributed by atoms with Crippen molar-refractivity contribution in [3.05, 3.63) is 47.5 Å². The van der Waals surface area contributed by atoms with Gasteiger partial charge in [0.05, 0.1) is 19.8 Å². The average Bonchev–Trinajstić information content (AvgIpc) is 3.52. The first kappa shape index (κ1) is 17.2. The molecule has 138 valence electrons. The molecule has 0 amide bonds. The van der Waals surface area contributed by atoms with Gasteiger partial charge in [-0.25, -0.2) is 4.98 Å². The fourth-order valence-corrected chi connectivity index (χ4v) is 3.40. The molecule has 1 atom stereocenters. The van der Waals surface area contributed by atoms with Crippen molar-refractivity contribution in [1.29, 1.82) is 0 Å². The van der Waals surface area contributed by atoms with Gasteiger partial charge in [-0.2, -0.15) is 0 Å². The quantitative estimate of drug-likeness (QED) is 0.856. The van der Waals surface area contributed by atoms with Crippen LogP contribution in [0.2, 0.25) is 0 Å². The van der Waals surface area contributed by atoms with Crippen LogP contribution in [0.3, 0.4) is 0 Å². The Morgan fingerprint density at radius 3 is 2.73 bits per heavy atom. The molecule has 1 N–H and O–H groups in total. The maximum Gasteiger partial charge on any atom is 0.131 e. The van der Waals surface area contributed by atoms with Gasteiger partial charge in [0.25, 0.3) is 0 Å². The van der Waals surface area contributed by atoms with Crippen LogP contribution in [0.4, 0.5) is 11.6 Å². The Balaban J connectivity index is 1.50. The van der Waals surface area contributed by atoms with Gasteiger partial charge in [0, 0.05) is 19.6 Å². The number of hydrogen-bond donors (Lipinski definition) is 1. The topological polar surface area (TPSA) is 46.6 Å². The third-order valence-electron chi connectivity index (χ3n) is 5.08. The number of ether oxygens (including phenoxy) is 2. The lowest BCUT2D eigenvalue weighted by Crippen LogP contribution is -2.41. The summed E-state index contributed by atoms with van der Waals surface area (Å²) in [6, 6.07) is 12.6. The first-order valence-corrected chi connectivity index (χ1v) is 9.46. The van der Waals surface area contributed by atoms with Crippen molar-refractivity contribution in [2.75, 3.05) is 37.0 Å². The number of aromatic nitrogens is 1. The van der Waals surface area contributed by atoms with Crippen LogP contribution in [-0.2, 0) is 11.3 Å². The van der Waals surface area contributed by atoms with E-state index in [1.54, 1.807) is 7.11 Å². The number of benzene rings is 1. The van der Waals surface area contributed by atoms with E-state index in [1.165, 1.54) is 24.0 Å². The average molecular weight is 353 g/mol. The van der Waals surface area contributed by atoms with Crippen LogP contribution in [0.5, 0.6) is 5.75 Å². The molecule has 1 aromatic carbocycles. The van der Waals surface area contributed by atoms with E-state index in [0.717, 1.165) is 43.6 Å². The van der Waals surface area contributed by atoms with Crippen LogP contribution in [0.1, 0.15) is 36.8 Å². The Morgan fingerprint density at radius 2 is 2.04 bits per heavy atom. The van der Waals surface area contributed by atoms with Gasteiger partial charge in [0.15, 0.2) is 0 Å². The molecule has 1 aliphatic carbocycles. The fourth-order valence-electron chi connectivity index (χ4n) is 3.40. The zero-order valence-corrected chi connectivity index (χ0v) is 15.6. The second-order valence-corrected chi connectivity index (χ2v) is 7.25. The summed E-state index contributed by atoms with van der Waals surface area (Å²) in [6.45, 7) is 5.46. The van der Waals surface area contributed by atoms with Gasteiger partial charge in [-0.1, -0.05) is 12.1 Å². The minimum atomic E-state index is 0.255. The maximum absolute atomic E-state index is 5.68. The highest BCUT2D eigenvalue weighted by Gasteiger charge is 2.26. The molecule has 1 saturated carbocycles. The van der Waals surface area contributed by atoms with Gasteiger partial charge in [0.2, 0.25) is 0 Å². The first-order chi connectivity index (χ1) is 12.7. The van der Waals surface area contributed by atoms with Crippen molar-refractivity contribution in [3.8, 4) is 5.75 Å². The fraction of sp³-hybridized carbons (Fsp3) is 0.476. The van der Waals surface area contributed by atoms with E-state index in [0.29, 0.717) is 5.92 Å². The van der Waals surface area contributed by atoms with Crippen LogP contribution in [0.25, 0.3) is 0 Å². The van der Waals surface area contributed by atoms with Crippen LogP contribution in [-0.4, -0.2) is 37.9 Å². The molecule has 1 aliphatic heterocycles. The summed E-state index contributed by atoms with van der Waals surface area (Å²) < 4.78 is 10.9. The first-order valence-electron chi connectivity index (χ1n) is 9.46. The summed E-state index contributed by atoms with van der Waals surface area (Å²) in [5, 5.41) is 3.50. The molecule has 1 unspecified atom stereocenters. The molecular formula is C21H27N3O2. The van der Waals surface area contributed by atoms with Gasteiger partial charge in [0.1, 0.15) is 17.4 Å². The summed E-state index contributed by atoms with van der Waals surface area (Å²) in [5.74, 6) is 3.62. The zero-order chi connectivity index (χ0) is 17.9. The molecule has 4 rings (SSSR count). The van der Waals surface area contributed by atoms with Crippen LogP contribution >= 0.6 is 0 Å². The normalized spacial score (nSPS) is 20.1. The summed E-state index contributed by atoms with van der Waals surface area (Å²) in [5.41, 5.74) is 2.62. The molecule has 26 heavy (non-hydrogen) atoms. The Kier molecular flexibility index (Phi) is 4.98. The minimum Gasteiger partial charge on any atom is -0.497 e. The Hall–Kier alpha value is -2.27. The summed E-state index contributed by atoms with van der Waals surface area (Å²) in [4.78, 5) is 7.23. The second kappa shape index (κ2) is 7.54. The highest BCUT2D eigenvalue weighted by molar-refractivity contribution is 5.52. The zero-order valence-electron chi connectivity index (χ0n) is 15.6. The van der Waals surface area contributed by atoms with Gasteiger partial charge < -0.3 is 19.7 Å². The Labute approximate surface area is 155 Å². The monoisotopic (exact) mass is 353 g/mol. The predicted molar refractivity (Wildman–Crippen MR) is 104 cm³/mol. The van der Waals surface area contributed by atoms with Gasteiger partial charge >= 0.3 is 0 Å². The number of rotatable bonds is 6. The van der Waals surface area contributed by atoms with E-state index < -0.39 is 0 Å². The molecule has 2 aliphatic rings. The summed E-state index contributed by atoms with van der Waals surface area (Å²) >= 11 is 0. The standard InChI is InChI=1S/C21H27N3O2/c1-15-14-24(9-10-26-15)21-12-18(17-5-6-17)11-20(23-21)22-13-16-3-7-19(25-2)8-4-16/h3-4,7-8,11-12,15,17H,5-6,9-10,13-14H2,1-2H3,(H,22,23). The molecule has 1 saturated heterocycles. The van der Waals surface area contributed by atoms with E-state index in [-0.39, 0.29) is 6.10 Å². The van der Waals surface area contributed by atoms with Crippen LogP contribution < -0.4 is 15.0 Å². The minimum absolute atomic E-state index is 0.255. The van der Waals surface area contributed by atoms with Crippen molar-refractivity contribution in [3.63, 3.8) is 0 Å². The number of anilines is 2. The molecule has 0 bridgehead atoms. The van der Waals surface area contributed by atoms with Crippen molar-refractivity contribution in [2.45, 2.75) is 38.3 Å². The SMILES string of the molecule is COc1ccc(CNc2cc(C3CC3)cc(N3CCOC(C)C3)n2)cc1. The van der Waals surface area contributed by atoms with Crippen molar-refractivity contribution in [1.82, 2.24) is 4.98 Å². The number of methoxy groups -OCH3 is 1. The number of nitrogens with zero attached hydrogens (tertiary/aromatic N) is 2. The molecule has 1 aromatic heterocycles. The molecule has 0 spiro atoms. The molecule has 2 aromatic rings. The molecule has 5 nitrogen and oxygen atoms in total. The van der Waals surface area contributed by atoms with Gasteiger partial charge in [-0.05, 0) is 61.1 Å². The number of nitrogens with one attached hydrogen (secondary N) is 1. The van der Waals surface area contributed by atoms with Gasteiger partial charge in [-0.15, -0.1) is 0 Å². The number of pyridine rings is 1. The summed E-state index contributed by atoms with van der Waals surface area (Å²) in [6.07, 6.45) is 2.84. The molecular weight excluding hydrogens is 326 g/mol. The highest BCUT2D eigenvalue weighted by atomic mass is 16.5. The largest absolute Gasteiger partial charge is 0.497 e. The van der Waals surface area contributed by atoms with E-state index >= 15 is 0 Å². The molecule has 2 heterocycles. The van der Waals surface area contributed by atoms with Crippen molar-refractivity contribution in [2.24, 2.45) is 0 Å². The van der Waals surface area contributed by atoms with Crippen molar-refractivity contribution >= 4 is 11.6 Å². The van der Waals surface area contributed by atoms with E-state index in [9.17, 15) is 0 Å². The predicted octanol–water partition coefficient (Wildman–Crippen LogP) is 3.80. The Bertz CT molecular complexity index is 743. The smallest absolute Gasteiger partial charge is 0.131 e. The number of hydrogen-bond acceptors (Lipinski definition) is 5. The summed E-state index contributed by atoms with van der Waals surface area (Å²) in [7, 11) is 1.69. The third-order valence-corrected chi connectivity index (χ3v) is 5.08. The Morgan fingerprint density at radius 1 is 1.23 bits per heavy atom. The van der Waals surface area contributed by atoms with Crippen LogP contribution in [0.15, 0.2) is 36.4 Å². The van der Waals surface area contributed by atoms with E-state index in [4.69, 9.17) is 14.5 Å². The second-order valence-electron chi connectivity index (χ2n) is 7.25. The van der Waals surface area contributed by atoms with E-state index in [1.807, 2.05) is 12.1 Å². The lowest BCUT2D eigenvalue weighted by Gasteiger charge is -2.32. The van der Waals surface area contributed by atoms with Gasteiger partial charge in [-0.3, -0.25) is 0 Å².